The number of aliphatic hydroxyl groups excluding tert-OH is 1. The Morgan fingerprint density at radius 1 is 1.00 bits per heavy atom. The summed E-state index contributed by atoms with van der Waals surface area (Å²) >= 11 is 0. The van der Waals surface area contributed by atoms with Gasteiger partial charge in [0.2, 0.25) is 0 Å². The number of fused-ring (bicyclic) bond motifs is 1. The Morgan fingerprint density at radius 3 is 2.46 bits per heavy atom. The molecule has 5 rings (SSSR count). The van der Waals surface area contributed by atoms with E-state index in [4.69, 9.17) is 4.74 Å². The van der Waals surface area contributed by atoms with Gasteiger partial charge in [0.25, 0.3) is 11.7 Å². The summed E-state index contributed by atoms with van der Waals surface area (Å²) in [6.45, 7) is 4.46. The van der Waals surface area contributed by atoms with Crippen LogP contribution in [-0.2, 0) is 28.9 Å². The van der Waals surface area contributed by atoms with Gasteiger partial charge in [0.1, 0.15) is 17.6 Å². The van der Waals surface area contributed by atoms with Crippen LogP contribution in [0.5, 0.6) is 5.75 Å². The number of carbonyl (C=O) groups is 2. The van der Waals surface area contributed by atoms with E-state index in [0.29, 0.717) is 18.5 Å². The summed E-state index contributed by atoms with van der Waals surface area (Å²) in [5, 5.41) is 11.4. The fourth-order valence-corrected chi connectivity index (χ4v) is 5.01. The molecule has 5 heteroatoms. The van der Waals surface area contributed by atoms with Crippen molar-refractivity contribution >= 4 is 17.4 Å². The number of ketones is 1. The number of carbonyl (C=O) groups excluding carboxylic acids is 2. The lowest BCUT2D eigenvalue weighted by molar-refractivity contribution is -0.139. The van der Waals surface area contributed by atoms with Crippen molar-refractivity contribution in [3.05, 3.63) is 106 Å². The van der Waals surface area contributed by atoms with Crippen molar-refractivity contribution in [2.75, 3.05) is 6.54 Å². The summed E-state index contributed by atoms with van der Waals surface area (Å²) in [5.41, 5.74) is 4.72. The molecule has 2 heterocycles. The highest BCUT2D eigenvalue weighted by Gasteiger charge is 2.45. The number of hydrogen-bond acceptors (Lipinski definition) is 4. The number of likely N-dealkylation sites (tertiary alicyclic amines) is 1. The zero-order chi connectivity index (χ0) is 24.5. The van der Waals surface area contributed by atoms with E-state index in [0.717, 1.165) is 35.3 Å². The van der Waals surface area contributed by atoms with Crippen molar-refractivity contribution in [1.29, 1.82) is 0 Å². The van der Waals surface area contributed by atoms with E-state index in [2.05, 4.69) is 6.92 Å². The van der Waals surface area contributed by atoms with Crippen molar-refractivity contribution in [3.8, 4) is 5.75 Å². The highest BCUT2D eigenvalue weighted by Crippen LogP contribution is 2.40. The fourth-order valence-electron chi connectivity index (χ4n) is 5.01. The summed E-state index contributed by atoms with van der Waals surface area (Å²) in [6, 6.07) is 22.6. The van der Waals surface area contributed by atoms with Gasteiger partial charge in [0, 0.05) is 18.5 Å². The molecule has 0 bridgehead atoms. The molecule has 178 valence electrons. The number of ether oxygens (including phenoxy) is 1. The molecule has 2 aliphatic heterocycles. The molecule has 0 aliphatic carbocycles. The van der Waals surface area contributed by atoms with Crippen molar-refractivity contribution < 1.29 is 19.4 Å². The van der Waals surface area contributed by atoms with Crippen LogP contribution in [0.4, 0.5) is 0 Å². The molecule has 2 unspecified atom stereocenters. The topological polar surface area (TPSA) is 66.8 Å². The van der Waals surface area contributed by atoms with Crippen molar-refractivity contribution in [3.63, 3.8) is 0 Å². The summed E-state index contributed by atoms with van der Waals surface area (Å²) in [4.78, 5) is 28.1. The largest absolute Gasteiger partial charge is 0.507 e. The number of rotatable bonds is 6. The van der Waals surface area contributed by atoms with Crippen LogP contribution in [0.2, 0.25) is 0 Å². The van der Waals surface area contributed by atoms with Crippen LogP contribution < -0.4 is 4.74 Å². The maximum absolute atomic E-state index is 13.3. The predicted octanol–water partition coefficient (Wildman–Crippen LogP) is 5.24. The SMILES string of the molecule is CCc1ccc(C2/C(=C(/O)c3ccc4c(c3)CC(C)O4)C(=O)C(=O)N2CCc2ccccc2)cc1. The van der Waals surface area contributed by atoms with Gasteiger partial charge in [-0.05, 0) is 60.2 Å². The van der Waals surface area contributed by atoms with Crippen molar-refractivity contribution in [2.45, 2.75) is 45.3 Å². The minimum absolute atomic E-state index is 0.0723. The second kappa shape index (κ2) is 9.41. The third kappa shape index (κ3) is 4.34. The second-order valence-electron chi connectivity index (χ2n) is 9.28. The van der Waals surface area contributed by atoms with Gasteiger partial charge in [-0.3, -0.25) is 9.59 Å². The molecule has 2 atom stereocenters. The first-order chi connectivity index (χ1) is 17.0. The number of benzene rings is 3. The lowest BCUT2D eigenvalue weighted by Gasteiger charge is -2.25. The van der Waals surface area contributed by atoms with E-state index in [9.17, 15) is 14.7 Å². The standard InChI is InChI=1S/C30H29NO4/c1-3-20-9-11-22(12-10-20)27-26(28(32)23-13-14-25-24(18-23)17-19(2)35-25)29(33)30(34)31(27)16-15-21-7-5-4-6-8-21/h4-14,18-19,27,32H,3,15-17H2,1-2H3/b28-26-. The molecule has 1 amide bonds. The molecule has 0 saturated carbocycles. The zero-order valence-corrected chi connectivity index (χ0v) is 20.0. The minimum atomic E-state index is -0.648. The molecular formula is C30H29NO4. The Bertz CT molecular complexity index is 1290. The molecule has 35 heavy (non-hydrogen) atoms. The Labute approximate surface area is 205 Å². The lowest BCUT2D eigenvalue weighted by atomic mass is 9.93. The van der Waals surface area contributed by atoms with Crippen molar-refractivity contribution in [1.82, 2.24) is 4.90 Å². The van der Waals surface area contributed by atoms with E-state index in [1.165, 1.54) is 5.56 Å². The molecule has 2 aliphatic rings. The van der Waals surface area contributed by atoms with Crippen LogP contribution in [0.1, 0.15) is 47.7 Å². The third-order valence-electron chi connectivity index (χ3n) is 6.90. The highest BCUT2D eigenvalue weighted by molar-refractivity contribution is 6.46. The van der Waals surface area contributed by atoms with Crippen LogP contribution in [0, 0.1) is 0 Å². The number of hydrogen-bond donors (Lipinski definition) is 1. The first kappa shape index (κ1) is 22.9. The average molecular weight is 468 g/mol. The molecule has 0 radical (unpaired) electrons. The smallest absolute Gasteiger partial charge is 0.295 e. The van der Waals surface area contributed by atoms with E-state index in [1.807, 2.05) is 73.7 Å². The molecule has 3 aromatic carbocycles. The Kier molecular flexibility index (Phi) is 6.16. The number of Topliss-reactive ketones (excluding diaryl/α,β-unsaturated/α-hetero) is 1. The molecule has 0 spiro atoms. The van der Waals surface area contributed by atoms with E-state index in [-0.39, 0.29) is 17.4 Å². The van der Waals surface area contributed by atoms with Gasteiger partial charge >= 0.3 is 0 Å². The summed E-state index contributed by atoms with van der Waals surface area (Å²) in [5.74, 6) is -0.572. The minimum Gasteiger partial charge on any atom is -0.507 e. The summed E-state index contributed by atoms with van der Waals surface area (Å²) < 4.78 is 5.78. The van der Waals surface area contributed by atoms with Gasteiger partial charge in [0.15, 0.2) is 0 Å². The number of aliphatic hydroxyl groups is 1. The third-order valence-corrected chi connectivity index (χ3v) is 6.90. The van der Waals surface area contributed by atoms with E-state index < -0.39 is 17.7 Å². The van der Waals surface area contributed by atoms with Crippen LogP contribution in [-0.4, -0.2) is 34.3 Å². The molecule has 5 nitrogen and oxygen atoms in total. The Morgan fingerprint density at radius 2 is 1.74 bits per heavy atom. The first-order valence-corrected chi connectivity index (χ1v) is 12.2. The maximum atomic E-state index is 13.3. The lowest BCUT2D eigenvalue weighted by Crippen LogP contribution is -2.31. The van der Waals surface area contributed by atoms with Gasteiger partial charge < -0.3 is 14.7 Å². The Balaban J connectivity index is 1.57. The van der Waals surface area contributed by atoms with Crippen LogP contribution >= 0.6 is 0 Å². The van der Waals surface area contributed by atoms with Crippen molar-refractivity contribution in [2.24, 2.45) is 0 Å². The number of amides is 1. The van der Waals surface area contributed by atoms with E-state index in [1.54, 1.807) is 11.0 Å². The highest BCUT2D eigenvalue weighted by atomic mass is 16.5. The zero-order valence-electron chi connectivity index (χ0n) is 20.0. The molecular weight excluding hydrogens is 438 g/mol. The predicted molar refractivity (Wildman–Crippen MR) is 135 cm³/mol. The summed E-state index contributed by atoms with van der Waals surface area (Å²) in [7, 11) is 0. The van der Waals surface area contributed by atoms with Crippen LogP contribution in [0.15, 0.2) is 78.4 Å². The van der Waals surface area contributed by atoms with Gasteiger partial charge in [-0.15, -0.1) is 0 Å². The summed E-state index contributed by atoms with van der Waals surface area (Å²) in [6.07, 6.45) is 2.32. The van der Waals surface area contributed by atoms with Gasteiger partial charge in [-0.25, -0.2) is 0 Å². The molecule has 3 aromatic rings. The van der Waals surface area contributed by atoms with Crippen LogP contribution in [0.3, 0.4) is 0 Å². The fraction of sp³-hybridized carbons (Fsp3) is 0.267. The monoisotopic (exact) mass is 467 g/mol. The van der Waals surface area contributed by atoms with Gasteiger partial charge in [-0.1, -0.05) is 61.5 Å². The first-order valence-electron chi connectivity index (χ1n) is 12.2. The van der Waals surface area contributed by atoms with Gasteiger partial charge in [0.05, 0.1) is 11.6 Å². The molecule has 1 fully saturated rings. The second-order valence-corrected chi connectivity index (χ2v) is 9.28. The molecule has 1 saturated heterocycles. The van der Waals surface area contributed by atoms with E-state index >= 15 is 0 Å². The molecule has 0 aromatic heterocycles. The molecule has 1 N–H and O–H groups in total. The average Bonchev–Trinajstić information content (AvgIpc) is 3.38. The number of aryl methyl sites for hydroxylation is 1. The van der Waals surface area contributed by atoms with Crippen LogP contribution in [0.25, 0.3) is 5.76 Å². The quantitative estimate of drug-likeness (QED) is 0.306. The van der Waals surface area contributed by atoms with Gasteiger partial charge in [-0.2, -0.15) is 0 Å². The normalized spacial score (nSPS) is 20.7. The number of nitrogens with zero attached hydrogens (tertiary/aromatic N) is 1. The maximum Gasteiger partial charge on any atom is 0.295 e. The Hall–Kier alpha value is -3.86.